The minimum Gasteiger partial charge on any atom is -0.266 e. The summed E-state index contributed by atoms with van der Waals surface area (Å²) in [4.78, 5) is 8.93. The Morgan fingerprint density at radius 1 is 0.905 bits per heavy atom. The predicted octanol–water partition coefficient (Wildman–Crippen LogP) is 2.91. The van der Waals surface area contributed by atoms with E-state index in [4.69, 9.17) is 0 Å². The van der Waals surface area contributed by atoms with Crippen LogP contribution in [0.4, 0.5) is 0 Å². The number of aromatic nitrogens is 5. The van der Waals surface area contributed by atoms with Crippen molar-refractivity contribution in [3.8, 4) is 11.6 Å². The molecule has 4 aromatic rings. The molecule has 2 heterocycles. The fourth-order valence-corrected chi connectivity index (χ4v) is 2.41. The van der Waals surface area contributed by atoms with Gasteiger partial charge in [-0.05, 0) is 31.2 Å². The monoisotopic (exact) mass is 275 g/mol. The van der Waals surface area contributed by atoms with Crippen molar-refractivity contribution < 1.29 is 0 Å². The van der Waals surface area contributed by atoms with Gasteiger partial charge in [0.1, 0.15) is 12.2 Å². The number of nitrogens with zero attached hydrogens (tertiary/aromatic N) is 5. The van der Waals surface area contributed by atoms with Gasteiger partial charge in [-0.1, -0.05) is 30.3 Å². The second-order valence-electron chi connectivity index (χ2n) is 4.81. The maximum absolute atomic E-state index is 4.60. The summed E-state index contributed by atoms with van der Waals surface area (Å²) in [7, 11) is 0. The SMILES string of the molecule is Cc1nc(-n2cnc3ccccc32)nn1-c1ccccc1. The third-order valence-electron chi connectivity index (χ3n) is 3.43. The maximum Gasteiger partial charge on any atom is 0.255 e. The van der Waals surface area contributed by atoms with Gasteiger partial charge in [0.2, 0.25) is 0 Å². The molecule has 0 N–H and O–H groups in total. The third-order valence-corrected chi connectivity index (χ3v) is 3.43. The van der Waals surface area contributed by atoms with E-state index in [1.807, 2.05) is 70.8 Å². The Bertz CT molecular complexity index is 905. The van der Waals surface area contributed by atoms with Crippen LogP contribution >= 0.6 is 0 Å². The molecule has 2 aromatic heterocycles. The number of hydrogen-bond donors (Lipinski definition) is 0. The summed E-state index contributed by atoms with van der Waals surface area (Å²) in [6.45, 7) is 1.95. The molecule has 0 atom stereocenters. The van der Waals surface area contributed by atoms with Crippen LogP contribution in [0, 0.1) is 6.92 Å². The van der Waals surface area contributed by atoms with Crippen LogP contribution in [0.2, 0.25) is 0 Å². The van der Waals surface area contributed by atoms with Gasteiger partial charge >= 0.3 is 0 Å². The Morgan fingerprint density at radius 3 is 2.52 bits per heavy atom. The first-order chi connectivity index (χ1) is 10.3. The number of fused-ring (bicyclic) bond motifs is 1. The number of hydrogen-bond acceptors (Lipinski definition) is 3. The highest BCUT2D eigenvalue weighted by Gasteiger charge is 2.11. The van der Waals surface area contributed by atoms with Gasteiger partial charge in [0.05, 0.1) is 16.7 Å². The zero-order valence-electron chi connectivity index (χ0n) is 11.5. The Morgan fingerprint density at radius 2 is 1.67 bits per heavy atom. The van der Waals surface area contributed by atoms with Gasteiger partial charge in [0.15, 0.2) is 0 Å². The van der Waals surface area contributed by atoms with E-state index >= 15 is 0 Å². The average molecular weight is 275 g/mol. The van der Waals surface area contributed by atoms with Crippen LogP contribution in [0.3, 0.4) is 0 Å². The van der Waals surface area contributed by atoms with Crippen molar-refractivity contribution in [2.24, 2.45) is 0 Å². The molecule has 5 nitrogen and oxygen atoms in total. The lowest BCUT2D eigenvalue weighted by molar-refractivity contribution is 0.825. The molecule has 4 rings (SSSR count). The van der Waals surface area contributed by atoms with Gasteiger partial charge in [-0.2, -0.15) is 4.98 Å². The molecular weight excluding hydrogens is 262 g/mol. The molecule has 0 unspecified atom stereocenters. The van der Waals surface area contributed by atoms with Crippen molar-refractivity contribution in [2.75, 3.05) is 0 Å². The van der Waals surface area contributed by atoms with Crippen LogP contribution in [-0.4, -0.2) is 24.3 Å². The summed E-state index contributed by atoms with van der Waals surface area (Å²) in [6.07, 6.45) is 1.76. The fourth-order valence-electron chi connectivity index (χ4n) is 2.41. The molecule has 0 saturated carbocycles. The smallest absolute Gasteiger partial charge is 0.255 e. The zero-order valence-corrected chi connectivity index (χ0v) is 11.5. The molecule has 102 valence electrons. The summed E-state index contributed by atoms with van der Waals surface area (Å²) in [6, 6.07) is 17.9. The average Bonchev–Trinajstić information content (AvgIpc) is 3.11. The van der Waals surface area contributed by atoms with Gasteiger partial charge in [0.25, 0.3) is 5.95 Å². The Labute approximate surface area is 121 Å². The molecule has 0 aliphatic carbocycles. The van der Waals surface area contributed by atoms with Crippen molar-refractivity contribution in [3.63, 3.8) is 0 Å². The van der Waals surface area contributed by atoms with Crippen molar-refractivity contribution in [3.05, 3.63) is 66.7 Å². The van der Waals surface area contributed by atoms with Crippen LogP contribution in [-0.2, 0) is 0 Å². The highest BCUT2D eigenvalue weighted by molar-refractivity contribution is 5.76. The molecule has 0 bridgehead atoms. The Kier molecular flexibility index (Phi) is 2.57. The van der Waals surface area contributed by atoms with E-state index in [9.17, 15) is 0 Å². The lowest BCUT2D eigenvalue weighted by Gasteiger charge is -2.01. The largest absolute Gasteiger partial charge is 0.266 e. The summed E-state index contributed by atoms with van der Waals surface area (Å²) in [5, 5.41) is 4.60. The van der Waals surface area contributed by atoms with Crippen LogP contribution < -0.4 is 0 Å². The number of aryl methyl sites for hydroxylation is 1. The lowest BCUT2D eigenvalue weighted by atomic mass is 10.3. The number of para-hydroxylation sites is 3. The normalized spacial score (nSPS) is 11.1. The highest BCUT2D eigenvalue weighted by atomic mass is 15.4. The van der Waals surface area contributed by atoms with E-state index in [1.54, 1.807) is 6.33 Å². The zero-order chi connectivity index (χ0) is 14.2. The Hall–Kier alpha value is -2.95. The summed E-state index contributed by atoms with van der Waals surface area (Å²) >= 11 is 0. The lowest BCUT2D eigenvalue weighted by Crippen LogP contribution is -2.00. The van der Waals surface area contributed by atoms with Crippen molar-refractivity contribution in [1.82, 2.24) is 24.3 Å². The van der Waals surface area contributed by atoms with Crippen molar-refractivity contribution in [1.29, 1.82) is 0 Å². The van der Waals surface area contributed by atoms with E-state index in [0.29, 0.717) is 5.95 Å². The quantitative estimate of drug-likeness (QED) is 0.565. The summed E-state index contributed by atoms with van der Waals surface area (Å²) < 4.78 is 3.74. The summed E-state index contributed by atoms with van der Waals surface area (Å²) in [5.41, 5.74) is 2.94. The van der Waals surface area contributed by atoms with Crippen molar-refractivity contribution >= 4 is 11.0 Å². The highest BCUT2D eigenvalue weighted by Crippen LogP contribution is 2.17. The molecule has 2 aromatic carbocycles. The van der Waals surface area contributed by atoms with E-state index in [2.05, 4.69) is 15.1 Å². The van der Waals surface area contributed by atoms with Gasteiger partial charge < -0.3 is 0 Å². The second-order valence-corrected chi connectivity index (χ2v) is 4.81. The standard InChI is InChI=1S/C16H13N5/c1-12-18-16(19-21(12)13-7-3-2-4-8-13)20-11-17-14-9-5-6-10-15(14)20/h2-11H,1H3. The first-order valence-corrected chi connectivity index (χ1v) is 6.74. The molecule has 0 amide bonds. The van der Waals surface area contributed by atoms with Gasteiger partial charge in [-0.15, -0.1) is 5.10 Å². The van der Waals surface area contributed by atoms with E-state index in [-0.39, 0.29) is 0 Å². The van der Waals surface area contributed by atoms with Crippen LogP contribution in [0.1, 0.15) is 5.82 Å². The minimum absolute atomic E-state index is 0.630. The Balaban J connectivity index is 1.87. The molecule has 0 saturated heterocycles. The van der Waals surface area contributed by atoms with Crippen molar-refractivity contribution in [2.45, 2.75) is 6.92 Å². The predicted molar refractivity (Wildman–Crippen MR) is 80.7 cm³/mol. The van der Waals surface area contributed by atoms with Crippen LogP contribution in [0.25, 0.3) is 22.7 Å². The minimum atomic E-state index is 0.630. The third kappa shape index (κ3) is 1.90. The molecule has 0 fully saturated rings. The molecule has 5 heteroatoms. The molecular formula is C16H13N5. The maximum atomic E-state index is 4.60. The molecule has 0 aliphatic heterocycles. The molecule has 0 spiro atoms. The van der Waals surface area contributed by atoms with E-state index in [1.165, 1.54) is 0 Å². The molecule has 0 aliphatic rings. The number of benzene rings is 2. The topological polar surface area (TPSA) is 48.5 Å². The van der Waals surface area contributed by atoms with Gasteiger partial charge in [-0.3, -0.25) is 4.57 Å². The molecule has 0 radical (unpaired) electrons. The number of imidazole rings is 1. The number of rotatable bonds is 2. The summed E-state index contributed by atoms with van der Waals surface area (Å²) in [5.74, 6) is 1.47. The molecule has 21 heavy (non-hydrogen) atoms. The van der Waals surface area contributed by atoms with Crippen LogP contribution in [0.5, 0.6) is 0 Å². The first-order valence-electron chi connectivity index (χ1n) is 6.74. The van der Waals surface area contributed by atoms with E-state index in [0.717, 1.165) is 22.5 Å². The second kappa shape index (κ2) is 4.56. The fraction of sp³-hybridized carbons (Fsp3) is 0.0625. The first kappa shape index (κ1) is 11.8. The van der Waals surface area contributed by atoms with Gasteiger partial charge in [0, 0.05) is 0 Å². The van der Waals surface area contributed by atoms with Gasteiger partial charge in [-0.25, -0.2) is 9.67 Å². The van der Waals surface area contributed by atoms with Crippen LogP contribution in [0.15, 0.2) is 60.9 Å². The van der Waals surface area contributed by atoms with E-state index < -0.39 is 0 Å².